The quantitative estimate of drug-likeness (QED) is 0.233. The van der Waals surface area contributed by atoms with Crippen molar-refractivity contribution in [3.8, 4) is 0 Å². The number of ether oxygens (including phenoxy) is 1. The molecule has 0 spiro atoms. The molecule has 4 atom stereocenters. The van der Waals surface area contributed by atoms with Gasteiger partial charge in [0.25, 0.3) is 0 Å². The highest BCUT2D eigenvalue weighted by atomic mass is 31.2. The lowest BCUT2D eigenvalue weighted by atomic mass is 10.1. The molecule has 1 fully saturated rings. The van der Waals surface area contributed by atoms with E-state index in [-0.39, 0.29) is 0 Å². The molecule has 0 aromatic heterocycles. The fourth-order valence-electron chi connectivity index (χ4n) is 0.880. The number of phosphoric acid groups is 1. The van der Waals surface area contributed by atoms with Crippen LogP contribution in [0.2, 0.25) is 0 Å². The van der Waals surface area contributed by atoms with Crippen molar-refractivity contribution < 1.29 is 44.4 Å². The number of aliphatic hydroxyl groups is 4. The van der Waals surface area contributed by atoms with Crippen molar-refractivity contribution in [1.29, 1.82) is 0 Å². The summed E-state index contributed by atoms with van der Waals surface area (Å²) in [7, 11) is -4.64. The maximum Gasteiger partial charge on any atom is 0.466 e. The third kappa shape index (κ3) is 6.15. The second-order valence-electron chi connectivity index (χ2n) is 2.74. The SMILES string of the molecule is O=P(O)(O)O.OC[C@H]1OC(O)[C@H](O)[C@@H]1O. The lowest BCUT2D eigenvalue weighted by Crippen LogP contribution is -2.33. The molecule has 9 nitrogen and oxygen atoms in total. The average molecular weight is 248 g/mol. The average Bonchev–Trinajstić information content (AvgIpc) is 2.29. The summed E-state index contributed by atoms with van der Waals surface area (Å²) >= 11 is 0. The number of aliphatic hydroxyl groups excluding tert-OH is 4. The van der Waals surface area contributed by atoms with Crippen molar-refractivity contribution in [3.63, 3.8) is 0 Å². The predicted molar refractivity (Wildman–Crippen MR) is 44.2 cm³/mol. The molecule has 0 bridgehead atoms. The van der Waals surface area contributed by atoms with Crippen molar-refractivity contribution in [2.24, 2.45) is 0 Å². The summed E-state index contributed by atoms with van der Waals surface area (Å²) < 4.78 is 13.4. The van der Waals surface area contributed by atoms with Gasteiger partial charge in [0.1, 0.15) is 18.3 Å². The van der Waals surface area contributed by atoms with Gasteiger partial charge < -0.3 is 39.8 Å². The molecule has 1 rings (SSSR count). The van der Waals surface area contributed by atoms with Gasteiger partial charge in [-0.3, -0.25) is 0 Å². The summed E-state index contributed by atoms with van der Waals surface area (Å²) in [6.45, 7) is -0.407. The predicted octanol–water partition coefficient (Wildman–Crippen LogP) is -3.51. The van der Waals surface area contributed by atoms with Gasteiger partial charge in [0.05, 0.1) is 6.61 Å². The highest BCUT2D eigenvalue weighted by molar-refractivity contribution is 7.45. The first-order valence-electron chi connectivity index (χ1n) is 3.75. The number of rotatable bonds is 1. The van der Waals surface area contributed by atoms with Crippen LogP contribution in [0.4, 0.5) is 0 Å². The third-order valence-corrected chi connectivity index (χ3v) is 1.52. The standard InChI is InChI=1S/C5H10O5.H3O4P/c6-1-2-3(7)4(8)5(9)10-2;1-5(2,3)4/h2-9H,1H2;(H3,1,2,3,4)/t2-,3-,4-,5?;/m1./s1. The van der Waals surface area contributed by atoms with Crippen LogP contribution in [0.15, 0.2) is 0 Å². The van der Waals surface area contributed by atoms with Gasteiger partial charge in [-0.05, 0) is 0 Å². The minimum atomic E-state index is -4.64. The Bertz CT molecular complexity index is 218. The van der Waals surface area contributed by atoms with Crippen LogP contribution in [-0.4, -0.2) is 66.3 Å². The molecular weight excluding hydrogens is 235 g/mol. The molecule has 0 aromatic carbocycles. The Morgan fingerprint density at radius 1 is 1.07 bits per heavy atom. The zero-order chi connectivity index (χ0) is 12.2. The van der Waals surface area contributed by atoms with Crippen LogP contribution in [0.3, 0.4) is 0 Å². The number of hydrogen-bond donors (Lipinski definition) is 7. The zero-order valence-electron chi connectivity index (χ0n) is 7.41. The molecule has 1 aliphatic rings. The van der Waals surface area contributed by atoms with Gasteiger partial charge in [0.15, 0.2) is 6.29 Å². The van der Waals surface area contributed by atoms with E-state index in [1.54, 1.807) is 0 Å². The van der Waals surface area contributed by atoms with Crippen molar-refractivity contribution in [1.82, 2.24) is 0 Å². The van der Waals surface area contributed by atoms with E-state index < -0.39 is 39.0 Å². The smallest absolute Gasteiger partial charge is 0.394 e. The first kappa shape index (κ1) is 14.9. The van der Waals surface area contributed by atoms with Crippen LogP contribution < -0.4 is 0 Å². The van der Waals surface area contributed by atoms with Crippen LogP contribution in [0.25, 0.3) is 0 Å². The molecule has 1 aliphatic heterocycles. The van der Waals surface area contributed by atoms with Gasteiger partial charge >= 0.3 is 7.82 Å². The number of hydrogen-bond acceptors (Lipinski definition) is 6. The zero-order valence-corrected chi connectivity index (χ0v) is 8.31. The highest BCUT2D eigenvalue weighted by Crippen LogP contribution is 2.25. The Balaban J connectivity index is 0.000000336. The van der Waals surface area contributed by atoms with E-state index in [1.807, 2.05) is 0 Å². The van der Waals surface area contributed by atoms with Crippen LogP contribution in [0, 0.1) is 0 Å². The third-order valence-electron chi connectivity index (χ3n) is 1.52. The molecule has 15 heavy (non-hydrogen) atoms. The molecule has 10 heteroatoms. The fourth-order valence-corrected chi connectivity index (χ4v) is 0.880. The van der Waals surface area contributed by atoms with Crippen molar-refractivity contribution in [2.45, 2.75) is 24.6 Å². The first-order valence-corrected chi connectivity index (χ1v) is 5.32. The van der Waals surface area contributed by atoms with Gasteiger partial charge in [-0.15, -0.1) is 0 Å². The van der Waals surface area contributed by atoms with E-state index in [2.05, 4.69) is 4.74 Å². The Labute approximate surface area is 84.4 Å². The molecule has 1 saturated heterocycles. The maximum absolute atomic E-state index is 8.93. The van der Waals surface area contributed by atoms with Crippen molar-refractivity contribution >= 4 is 7.82 Å². The lowest BCUT2D eigenvalue weighted by Gasteiger charge is -2.09. The Hall–Kier alpha value is -0.0900. The Kier molecular flexibility index (Phi) is 5.81. The summed E-state index contributed by atoms with van der Waals surface area (Å²) in [6, 6.07) is 0. The Morgan fingerprint density at radius 2 is 1.47 bits per heavy atom. The second-order valence-corrected chi connectivity index (χ2v) is 3.77. The molecule has 0 aliphatic carbocycles. The topological polar surface area (TPSA) is 168 Å². The van der Waals surface area contributed by atoms with Gasteiger partial charge in [-0.2, -0.15) is 0 Å². The summed E-state index contributed by atoms with van der Waals surface area (Å²) in [4.78, 5) is 21.6. The van der Waals surface area contributed by atoms with Crippen molar-refractivity contribution in [3.05, 3.63) is 0 Å². The molecule has 0 amide bonds. The normalized spacial score (nSPS) is 35.9. The van der Waals surface area contributed by atoms with Gasteiger partial charge in [0.2, 0.25) is 0 Å². The van der Waals surface area contributed by atoms with E-state index in [9.17, 15) is 0 Å². The van der Waals surface area contributed by atoms with E-state index in [0.717, 1.165) is 0 Å². The summed E-state index contributed by atoms with van der Waals surface area (Å²) in [6.07, 6.45) is -4.76. The van der Waals surface area contributed by atoms with Crippen LogP contribution in [-0.2, 0) is 9.30 Å². The molecule has 1 heterocycles. The fraction of sp³-hybridized carbons (Fsp3) is 1.00. The molecular formula is C5H13O9P. The van der Waals surface area contributed by atoms with Crippen LogP contribution in [0.1, 0.15) is 0 Å². The van der Waals surface area contributed by atoms with Gasteiger partial charge in [0, 0.05) is 0 Å². The first-order chi connectivity index (χ1) is 6.66. The highest BCUT2D eigenvalue weighted by Gasteiger charge is 2.41. The summed E-state index contributed by atoms with van der Waals surface area (Å²) in [5.74, 6) is 0. The van der Waals surface area contributed by atoms with E-state index in [4.69, 9.17) is 39.7 Å². The van der Waals surface area contributed by atoms with Gasteiger partial charge in [-0.1, -0.05) is 0 Å². The summed E-state index contributed by atoms with van der Waals surface area (Å²) in [5.41, 5.74) is 0. The largest absolute Gasteiger partial charge is 0.466 e. The lowest BCUT2D eigenvalue weighted by molar-refractivity contribution is -0.132. The Morgan fingerprint density at radius 3 is 1.60 bits per heavy atom. The minimum absolute atomic E-state index is 0.407. The van der Waals surface area contributed by atoms with E-state index in [0.29, 0.717) is 0 Å². The molecule has 7 N–H and O–H groups in total. The molecule has 0 radical (unpaired) electrons. The van der Waals surface area contributed by atoms with E-state index >= 15 is 0 Å². The summed E-state index contributed by atoms with van der Waals surface area (Å²) in [5, 5.41) is 35.0. The van der Waals surface area contributed by atoms with Crippen LogP contribution in [0.5, 0.6) is 0 Å². The maximum atomic E-state index is 8.93. The molecule has 0 saturated carbocycles. The van der Waals surface area contributed by atoms with Crippen molar-refractivity contribution in [2.75, 3.05) is 6.61 Å². The molecule has 0 aromatic rings. The second kappa shape index (κ2) is 5.85. The monoisotopic (exact) mass is 248 g/mol. The molecule has 92 valence electrons. The minimum Gasteiger partial charge on any atom is -0.394 e. The molecule has 1 unspecified atom stereocenters. The van der Waals surface area contributed by atoms with Crippen LogP contribution >= 0.6 is 7.82 Å². The van der Waals surface area contributed by atoms with Gasteiger partial charge in [-0.25, -0.2) is 4.57 Å². The van der Waals surface area contributed by atoms with E-state index in [1.165, 1.54) is 0 Å².